The van der Waals surface area contributed by atoms with Gasteiger partial charge >= 0.3 is 0 Å². The number of rotatable bonds is 30. The minimum atomic E-state index is -1.53. The van der Waals surface area contributed by atoms with Gasteiger partial charge in [0.2, 0.25) is 23.6 Å². The van der Waals surface area contributed by atoms with Crippen LogP contribution < -0.4 is 61.5 Å². The van der Waals surface area contributed by atoms with Crippen molar-refractivity contribution in [2.24, 2.45) is 23.3 Å². The van der Waals surface area contributed by atoms with Gasteiger partial charge in [-0.15, -0.1) is 0 Å². The Morgan fingerprint density at radius 2 is 0.874 bits per heavy atom. The Kier molecular flexibility index (Phi) is 23.6. The van der Waals surface area contributed by atoms with E-state index >= 15 is 0 Å². The molecule has 0 aromatic heterocycles. The predicted molar refractivity (Wildman–Crippen MR) is 371 cm³/mol. The number of nitrogens with zero attached hydrogens (tertiary/aromatic N) is 4. The van der Waals surface area contributed by atoms with E-state index in [0.29, 0.717) is 42.4 Å². The summed E-state index contributed by atoms with van der Waals surface area (Å²) in [7, 11) is -0.141. The van der Waals surface area contributed by atoms with Gasteiger partial charge in [0.25, 0.3) is 23.6 Å². The van der Waals surface area contributed by atoms with Crippen LogP contribution in [0.3, 0.4) is 0 Å². The van der Waals surface area contributed by atoms with Crippen LogP contribution in [0.4, 0.5) is 22.7 Å². The third-order valence-corrected chi connectivity index (χ3v) is 20.5. The quantitative estimate of drug-likeness (QED) is 0.0211. The van der Waals surface area contributed by atoms with Gasteiger partial charge in [-0.1, -0.05) is 91.2 Å². The van der Waals surface area contributed by atoms with Gasteiger partial charge in [0.05, 0.1) is 62.0 Å². The van der Waals surface area contributed by atoms with Gasteiger partial charge in [0.1, 0.15) is 37.6 Å². The second-order valence-corrected chi connectivity index (χ2v) is 38.9. The number of amides is 8. The van der Waals surface area contributed by atoms with Crippen molar-refractivity contribution in [2.45, 2.75) is 148 Å². The van der Waals surface area contributed by atoms with Crippen molar-refractivity contribution in [1.82, 2.24) is 20.4 Å². The number of hydrogen-bond acceptors (Lipinski definition) is 16. The van der Waals surface area contributed by atoms with Crippen molar-refractivity contribution in [2.75, 3.05) is 74.5 Å². The van der Waals surface area contributed by atoms with Crippen LogP contribution in [0, 0.1) is 11.8 Å². The fourth-order valence-corrected chi connectivity index (χ4v) is 12.4. The summed E-state index contributed by atoms with van der Waals surface area (Å²) in [6.07, 6.45) is 4.07. The molecular weight excluding hydrogens is 1250 g/mol. The van der Waals surface area contributed by atoms with Crippen LogP contribution in [0.1, 0.15) is 92.6 Å². The maximum Gasteiger partial charge on any atom is 0.260 e. The van der Waals surface area contributed by atoms with Gasteiger partial charge in [0, 0.05) is 84.5 Å². The molecule has 0 unspecified atom stereocenters. The molecule has 4 heterocycles. The van der Waals surface area contributed by atoms with E-state index in [2.05, 4.69) is 60.5 Å². The number of nitrogens with one attached hydrogen (secondary N) is 4. The highest BCUT2D eigenvalue weighted by molar-refractivity contribution is 6.76. The number of anilines is 4. The summed E-state index contributed by atoms with van der Waals surface area (Å²) in [5.41, 5.74) is 16.8. The molecule has 4 aliphatic heterocycles. The molecule has 8 rings (SSSR count). The van der Waals surface area contributed by atoms with Crippen molar-refractivity contribution in [3.05, 3.63) is 107 Å². The summed E-state index contributed by atoms with van der Waals surface area (Å²) in [6, 6.07) is 17.1. The summed E-state index contributed by atoms with van der Waals surface area (Å²) in [5, 5.41) is 11.0. The first-order chi connectivity index (χ1) is 44.9. The van der Waals surface area contributed by atoms with E-state index in [0.717, 1.165) is 34.4 Å². The molecule has 4 aliphatic rings. The SMILES string of the molecule is COc1cc2c(cc1OCCCOc1cc3c(cc1OC)C(=O)N1C=C(c4ccc(NC(=O)[C@H](C)NC(=O)[C@@H](N)C(C)C)cc4)C[C@H]1C(=O)N3COCC[Si](C)(C)C)N(COCC[Si](C)(C)C)C(=O)[C@@H]1CC(c3ccc(NC(=O)[C@H](C)NC(=O)[C@@H](N)C(C)C)cc3)=CN1C2=O. The van der Waals surface area contributed by atoms with Crippen LogP contribution in [0.15, 0.2) is 85.2 Å². The number of benzene rings is 4. The average molecular weight is 1340 g/mol. The molecule has 0 radical (unpaired) electrons. The number of ether oxygens (including phenoxy) is 6. The topological polar surface area (TPSA) is 305 Å². The molecule has 8 amide bonds. The van der Waals surface area contributed by atoms with E-state index in [4.69, 9.17) is 39.9 Å². The van der Waals surface area contributed by atoms with Crippen LogP contribution in [0.25, 0.3) is 11.1 Å². The molecule has 26 heteroatoms. The van der Waals surface area contributed by atoms with Crippen LogP contribution in [-0.4, -0.2) is 164 Å². The first-order valence-electron chi connectivity index (χ1n) is 32.4. The molecule has 0 fully saturated rings. The molecule has 4 aromatic carbocycles. The van der Waals surface area contributed by atoms with E-state index in [1.54, 1.807) is 99.0 Å². The summed E-state index contributed by atoms with van der Waals surface area (Å²) in [4.78, 5) is 116. The number of methoxy groups -OCH3 is 2. The second kappa shape index (κ2) is 31.0. The van der Waals surface area contributed by atoms with E-state index in [1.165, 1.54) is 33.8 Å². The second-order valence-electron chi connectivity index (χ2n) is 27.6. The molecule has 0 aliphatic carbocycles. The van der Waals surface area contributed by atoms with Crippen LogP contribution in [0.5, 0.6) is 23.0 Å². The van der Waals surface area contributed by atoms with Gasteiger partial charge in [-0.3, -0.25) is 48.2 Å². The van der Waals surface area contributed by atoms with Gasteiger partial charge < -0.3 is 71.0 Å². The summed E-state index contributed by atoms with van der Waals surface area (Å²) in [6.45, 7) is 24.6. The van der Waals surface area contributed by atoms with Crippen molar-refractivity contribution in [3.63, 3.8) is 0 Å². The maximum absolute atomic E-state index is 14.9. The zero-order chi connectivity index (χ0) is 69.4. The number of carbonyl (C=O) groups is 8. The lowest BCUT2D eigenvalue weighted by atomic mass is 10.0. The minimum Gasteiger partial charge on any atom is -0.493 e. The zero-order valence-electron chi connectivity index (χ0n) is 57.1. The molecular formula is C69H94N10O14Si2. The third-order valence-electron chi connectivity index (χ3n) is 17.1. The Morgan fingerprint density at radius 3 is 1.20 bits per heavy atom. The smallest absolute Gasteiger partial charge is 0.260 e. The summed E-state index contributed by atoms with van der Waals surface area (Å²) >= 11 is 0. The molecule has 24 nitrogen and oxygen atoms in total. The Morgan fingerprint density at radius 1 is 0.516 bits per heavy atom. The first kappa shape index (κ1) is 72.4. The highest BCUT2D eigenvalue weighted by Gasteiger charge is 2.45. The molecule has 0 saturated heterocycles. The highest BCUT2D eigenvalue weighted by atomic mass is 28.3. The molecule has 512 valence electrons. The summed E-state index contributed by atoms with van der Waals surface area (Å²) < 4.78 is 36.9. The van der Waals surface area contributed by atoms with Gasteiger partial charge in [0.15, 0.2) is 23.0 Å². The molecule has 8 N–H and O–H groups in total. The monoisotopic (exact) mass is 1340 g/mol. The summed E-state index contributed by atoms with van der Waals surface area (Å²) in [5.74, 6) is -2.45. The predicted octanol–water partition coefficient (Wildman–Crippen LogP) is 8.23. The Balaban J connectivity index is 0.975. The van der Waals surface area contributed by atoms with Crippen molar-refractivity contribution >= 4 is 97.3 Å². The largest absolute Gasteiger partial charge is 0.493 e. The third kappa shape index (κ3) is 17.7. The maximum atomic E-state index is 14.9. The Labute approximate surface area is 558 Å². The molecule has 95 heavy (non-hydrogen) atoms. The Hall–Kier alpha value is -8.41. The lowest BCUT2D eigenvalue weighted by molar-refractivity contribution is -0.127. The fourth-order valence-electron chi connectivity index (χ4n) is 10.9. The number of fused-ring (bicyclic) bond motifs is 4. The molecule has 0 bridgehead atoms. The van der Waals surface area contributed by atoms with Gasteiger partial charge in [-0.05, 0) is 96.4 Å². The van der Waals surface area contributed by atoms with E-state index in [9.17, 15) is 38.4 Å². The molecule has 6 atom stereocenters. The van der Waals surface area contributed by atoms with Crippen LogP contribution in [-0.2, 0) is 38.2 Å². The molecule has 0 spiro atoms. The van der Waals surface area contributed by atoms with Crippen molar-refractivity contribution in [1.29, 1.82) is 0 Å². The Bertz CT molecular complexity index is 3360. The highest BCUT2D eigenvalue weighted by Crippen LogP contribution is 2.44. The standard InChI is InChI=1S/C69H94N10O14Si2/c1-40(2)60(70)64(82)72-42(5)62(80)74-48-20-16-44(17-21-48)46-30-54-68(86)78(38-90-26-28-94(9,10)11)52-34-58(56(88-7)32-50(52)66(84)76(54)36-46)92-24-15-25-93-59-35-53-51(33-57(59)89-8)67(85)77-37-47(31-55(77)69(87)79(53)39-91-27-29-95(12,13)14)45-18-22-49(23-19-45)75-63(81)43(6)73-65(83)61(71)41(3)4/h16-23,32-37,40-43,54-55,60-61H,15,24-31,38-39,70-71H2,1-14H3,(H,72,82)(H,73,83)(H,74,80)(H,75,81)/t42-,43-,54-,55-,60-,61-/m0/s1. The number of carbonyl (C=O) groups excluding carboxylic acids is 8. The average Bonchev–Trinajstić information content (AvgIpc) is 1.63. The van der Waals surface area contributed by atoms with Crippen molar-refractivity contribution in [3.8, 4) is 23.0 Å². The normalized spacial score (nSPS) is 17.5. The number of nitrogens with two attached hydrogens (primary N) is 2. The molecule has 4 aromatic rings. The number of hydrogen-bond donors (Lipinski definition) is 6. The van der Waals surface area contributed by atoms with Crippen LogP contribution in [0.2, 0.25) is 51.4 Å². The lowest BCUT2D eigenvalue weighted by Gasteiger charge is -2.27. The van der Waals surface area contributed by atoms with E-state index in [1.807, 2.05) is 27.7 Å². The van der Waals surface area contributed by atoms with Crippen LogP contribution >= 0.6 is 0 Å². The minimum absolute atomic E-state index is 0.0899. The fraction of sp³-hybridized carbons (Fsp3) is 0.478. The van der Waals surface area contributed by atoms with E-state index in [-0.39, 0.29) is 97.3 Å². The first-order valence-corrected chi connectivity index (χ1v) is 39.8. The van der Waals surface area contributed by atoms with E-state index < -0.39 is 87.8 Å². The molecule has 0 saturated carbocycles. The lowest BCUT2D eigenvalue weighted by Crippen LogP contribution is -2.50. The van der Waals surface area contributed by atoms with Gasteiger partial charge in [-0.2, -0.15) is 0 Å². The van der Waals surface area contributed by atoms with Gasteiger partial charge in [-0.25, -0.2) is 0 Å². The zero-order valence-corrected chi connectivity index (χ0v) is 59.1. The van der Waals surface area contributed by atoms with Crippen molar-refractivity contribution < 1.29 is 66.8 Å².